The summed E-state index contributed by atoms with van der Waals surface area (Å²) in [4.78, 5) is 25.0. The van der Waals surface area contributed by atoms with Crippen molar-refractivity contribution in [2.24, 2.45) is 0 Å². The van der Waals surface area contributed by atoms with Gasteiger partial charge in [0, 0.05) is 25.5 Å². The maximum atomic E-state index is 12.8. The van der Waals surface area contributed by atoms with E-state index in [2.05, 4.69) is 9.97 Å². The summed E-state index contributed by atoms with van der Waals surface area (Å²) < 4.78 is 5.34. The molecule has 7 nitrogen and oxygen atoms in total. The lowest BCUT2D eigenvalue weighted by atomic mass is 10.1. The lowest BCUT2D eigenvalue weighted by molar-refractivity contribution is -0.142. The van der Waals surface area contributed by atoms with Crippen LogP contribution in [0, 0.1) is 0 Å². The van der Waals surface area contributed by atoms with Gasteiger partial charge in [-0.2, -0.15) is 0 Å². The van der Waals surface area contributed by atoms with Crippen molar-refractivity contribution in [3.05, 3.63) is 18.5 Å². The number of morpholine rings is 1. The van der Waals surface area contributed by atoms with Crippen molar-refractivity contribution >= 4 is 11.9 Å². The molecule has 0 aromatic carbocycles. The first kappa shape index (κ1) is 14.2. The predicted octanol–water partition coefficient (Wildman–Crippen LogP) is -0.335. The van der Waals surface area contributed by atoms with Crippen LogP contribution in [0.5, 0.6) is 0 Å². The number of hydrogen-bond donors (Lipinski definition) is 1. The average Bonchev–Trinajstić information content (AvgIpc) is 3.04. The molecule has 0 spiro atoms. The highest BCUT2D eigenvalue weighted by Crippen LogP contribution is 2.24. The lowest BCUT2D eigenvalue weighted by Gasteiger charge is -2.37. The number of aliphatic hydroxyl groups excluding tert-OH is 1. The Morgan fingerprint density at radius 2 is 2.19 bits per heavy atom. The van der Waals surface area contributed by atoms with E-state index in [1.807, 2.05) is 4.90 Å². The first-order valence-electron chi connectivity index (χ1n) is 7.34. The molecule has 2 aliphatic heterocycles. The largest absolute Gasteiger partial charge is 0.394 e. The van der Waals surface area contributed by atoms with Crippen LogP contribution >= 0.6 is 0 Å². The van der Waals surface area contributed by atoms with Gasteiger partial charge in [0.05, 0.1) is 25.9 Å². The van der Waals surface area contributed by atoms with Crippen molar-refractivity contribution in [1.82, 2.24) is 14.9 Å². The molecule has 0 aliphatic carbocycles. The highest BCUT2D eigenvalue weighted by atomic mass is 16.5. The maximum Gasteiger partial charge on any atom is 0.245 e. The van der Waals surface area contributed by atoms with Crippen LogP contribution < -0.4 is 4.90 Å². The van der Waals surface area contributed by atoms with Crippen LogP contribution in [0.25, 0.3) is 0 Å². The third kappa shape index (κ3) is 2.84. The SMILES string of the molecule is O=C(C1CCCN1c1ncccn1)N1CCOCC1CO. The number of hydrogen-bond acceptors (Lipinski definition) is 6. The number of aliphatic hydroxyl groups is 1. The molecule has 2 fully saturated rings. The van der Waals surface area contributed by atoms with Crippen molar-refractivity contribution in [3.63, 3.8) is 0 Å². The minimum absolute atomic E-state index is 0.0438. The second kappa shape index (κ2) is 6.36. The Kier molecular flexibility index (Phi) is 4.31. The Bertz CT molecular complexity index is 484. The van der Waals surface area contributed by atoms with Crippen LogP contribution in [0.1, 0.15) is 12.8 Å². The lowest BCUT2D eigenvalue weighted by Crippen LogP contribution is -2.56. The van der Waals surface area contributed by atoms with E-state index < -0.39 is 0 Å². The number of amides is 1. The Labute approximate surface area is 123 Å². The Hall–Kier alpha value is -1.73. The van der Waals surface area contributed by atoms with Gasteiger partial charge in [-0.3, -0.25) is 4.79 Å². The first-order valence-corrected chi connectivity index (χ1v) is 7.34. The van der Waals surface area contributed by atoms with E-state index in [-0.39, 0.29) is 24.6 Å². The molecule has 2 aliphatic rings. The molecule has 1 aromatic rings. The van der Waals surface area contributed by atoms with Crippen molar-refractivity contribution in [2.45, 2.75) is 24.9 Å². The molecular weight excluding hydrogens is 272 g/mol. The molecular formula is C14H20N4O3. The monoisotopic (exact) mass is 292 g/mol. The number of ether oxygens (including phenoxy) is 1. The van der Waals surface area contributed by atoms with Crippen LogP contribution in [0.4, 0.5) is 5.95 Å². The van der Waals surface area contributed by atoms with Crippen molar-refractivity contribution in [3.8, 4) is 0 Å². The number of aromatic nitrogens is 2. The van der Waals surface area contributed by atoms with Crippen molar-refractivity contribution in [1.29, 1.82) is 0 Å². The Morgan fingerprint density at radius 1 is 1.38 bits per heavy atom. The summed E-state index contributed by atoms with van der Waals surface area (Å²) in [5.41, 5.74) is 0. The third-order valence-electron chi connectivity index (χ3n) is 4.07. The molecule has 3 rings (SSSR count). The summed E-state index contributed by atoms with van der Waals surface area (Å²) in [5.74, 6) is 0.643. The molecule has 0 radical (unpaired) electrons. The molecule has 21 heavy (non-hydrogen) atoms. The molecule has 2 saturated heterocycles. The standard InChI is InChI=1S/C14H20N4O3/c19-9-11-10-21-8-7-17(11)13(20)12-3-1-6-18(12)14-15-4-2-5-16-14/h2,4-5,11-12,19H,1,3,6-10H2. The third-order valence-corrected chi connectivity index (χ3v) is 4.07. The quantitative estimate of drug-likeness (QED) is 0.821. The van der Waals surface area contributed by atoms with Gasteiger partial charge in [-0.25, -0.2) is 9.97 Å². The van der Waals surface area contributed by atoms with E-state index in [0.29, 0.717) is 25.7 Å². The zero-order valence-electron chi connectivity index (χ0n) is 11.9. The molecule has 0 bridgehead atoms. The highest BCUT2D eigenvalue weighted by Gasteiger charge is 2.38. The minimum Gasteiger partial charge on any atom is -0.394 e. The number of carbonyl (C=O) groups is 1. The van der Waals surface area contributed by atoms with Gasteiger partial charge in [0.15, 0.2) is 0 Å². The van der Waals surface area contributed by atoms with Crippen molar-refractivity contribution in [2.75, 3.05) is 37.8 Å². The summed E-state index contributed by atoms with van der Waals surface area (Å²) >= 11 is 0. The number of rotatable bonds is 3. The summed E-state index contributed by atoms with van der Waals surface area (Å²) in [7, 11) is 0. The van der Waals surface area contributed by atoms with Crippen LogP contribution in [0.15, 0.2) is 18.5 Å². The molecule has 1 aromatic heterocycles. The summed E-state index contributed by atoms with van der Waals surface area (Å²) in [6, 6.07) is 1.28. The van der Waals surface area contributed by atoms with Gasteiger partial charge in [-0.15, -0.1) is 0 Å². The second-order valence-corrected chi connectivity index (χ2v) is 5.34. The van der Waals surface area contributed by atoms with E-state index in [1.165, 1.54) is 0 Å². The molecule has 0 saturated carbocycles. The first-order chi connectivity index (χ1) is 10.3. The van der Waals surface area contributed by atoms with Gasteiger partial charge in [-0.05, 0) is 18.9 Å². The molecule has 3 heterocycles. The van der Waals surface area contributed by atoms with E-state index >= 15 is 0 Å². The summed E-state index contributed by atoms with van der Waals surface area (Å²) in [6.45, 7) is 2.17. The Balaban J connectivity index is 1.76. The van der Waals surface area contributed by atoms with E-state index in [1.54, 1.807) is 23.4 Å². The topological polar surface area (TPSA) is 78.8 Å². The fourth-order valence-corrected chi connectivity index (χ4v) is 2.99. The molecule has 1 amide bonds. The van der Waals surface area contributed by atoms with Crippen LogP contribution in [0.3, 0.4) is 0 Å². The number of anilines is 1. The molecule has 1 N–H and O–H groups in total. The van der Waals surface area contributed by atoms with Crippen LogP contribution in [-0.4, -0.2) is 70.9 Å². The van der Waals surface area contributed by atoms with Crippen LogP contribution in [0.2, 0.25) is 0 Å². The Morgan fingerprint density at radius 3 is 2.95 bits per heavy atom. The van der Waals surface area contributed by atoms with Gasteiger partial charge < -0.3 is 19.6 Å². The molecule has 2 unspecified atom stereocenters. The van der Waals surface area contributed by atoms with Gasteiger partial charge in [0.25, 0.3) is 0 Å². The molecule has 2 atom stereocenters. The maximum absolute atomic E-state index is 12.8. The van der Waals surface area contributed by atoms with Crippen molar-refractivity contribution < 1.29 is 14.6 Å². The van der Waals surface area contributed by atoms with Crippen LogP contribution in [-0.2, 0) is 9.53 Å². The zero-order chi connectivity index (χ0) is 14.7. The average molecular weight is 292 g/mol. The molecule has 7 heteroatoms. The highest BCUT2D eigenvalue weighted by molar-refractivity contribution is 5.85. The normalized spacial score (nSPS) is 26.1. The zero-order valence-corrected chi connectivity index (χ0v) is 11.9. The van der Waals surface area contributed by atoms with E-state index in [4.69, 9.17) is 4.74 Å². The minimum atomic E-state index is -0.245. The predicted molar refractivity (Wildman–Crippen MR) is 75.8 cm³/mol. The fraction of sp³-hybridized carbons (Fsp3) is 0.643. The van der Waals surface area contributed by atoms with Gasteiger partial charge in [0.2, 0.25) is 11.9 Å². The number of carbonyl (C=O) groups excluding carboxylic acids is 1. The second-order valence-electron chi connectivity index (χ2n) is 5.34. The van der Waals surface area contributed by atoms with Gasteiger partial charge in [-0.1, -0.05) is 0 Å². The molecule has 114 valence electrons. The summed E-state index contributed by atoms with van der Waals surface area (Å²) in [6.07, 6.45) is 5.12. The van der Waals surface area contributed by atoms with Gasteiger partial charge >= 0.3 is 0 Å². The smallest absolute Gasteiger partial charge is 0.245 e. The van der Waals surface area contributed by atoms with E-state index in [0.717, 1.165) is 19.4 Å². The van der Waals surface area contributed by atoms with E-state index in [9.17, 15) is 9.90 Å². The summed E-state index contributed by atoms with van der Waals surface area (Å²) in [5, 5.41) is 9.42. The fourth-order valence-electron chi connectivity index (χ4n) is 2.99. The van der Waals surface area contributed by atoms with Gasteiger partial charge in [0.1, 0.15) is 6.04 Å². The number of nitrogens with zero attached hydrogens (tertiary/aromatic N) is 4.